The van der Waals surface area contributed by atoms with Crippen LogP contribution in [0.5, 0.6) is 0 Å². The van der Waals surface area contributed by atoms with Crippen molar-refractivity contribution in [1.29, 1.82) is 0 Å². The Hall–Kier alpha value is -2.41. The van der Waals surface area contributed by atoms with Gasteiger partial charge in [-0.05, 0) is 57.0 Å². The molecule has 0 atom stereocenters. The van der Waals surface area contributed by atoms with Crippen LogP contribution in [0.3, 0.4) is 0 Å². The summed E-state index contributed by atoms with van der Waals surface area (Å²) in [4.78, 5) is 4.28. The quantitative estimate of drug-likeness (QED) is 0.403. The van der Waals surface area contributed by atoms with Crippen LogP contribution in [0, 0.1) is 0 Å². The molecule has 1 heteroatoms. The second-order valence-corrected chi connectivity index (χ2v) is 5.67. The van der Waals surface area contributed by atoms with E-state index in [4.69, 9.17) is 0 Å². The van der Waals surface area contributed by atoms with Crippen molar-refractivity contribution < 1.29 is 0 Å². The average molecular weight is 255 g/mol. The molecule has 0 aliphatic heterocycles. The summed E-state index contributed by atoms with van der Waals surface area (Å²) in [5.74, 6) is 0. The van der Waals surface area contributed by atoms with Gasteiger partial charge in [0.05, 0.1) is 0 Å². The van der Waals surface area contributed by atoms with E-state index in [0.29, 0.717) is 0 Å². The van der Waals surface area contributed by atoms with E-state index in [1.54, 1.807) is 0 Å². The van der Waals surface area contributed by atoms with E-state index in [1.165, 1.54) is 44.5 Å². The Morgan fingerprint density at radius 1 is 0.700 bits per heavy atom. The van der Waals surface area contributed by atoms with Crippen molar-refractivity contribution in [2.45, 2.75) is 12.8 Å². The van der Waals surface area contributed by atoms with Gasteiger partial charge in [-0.2, -0.15) is 0 Å². The van der Waals surface area contributed by atoms with Crippen LogP contribution in [-0.4, -0.2) is 4.98 Å². The lowest BCUT2D eigenvalue weighted by Gasteiger charge is -2.08. The van der Waals surface area contributed by atoms with Gasteiger partial charge in [0.25, 0.3) is 0 Å². The zero-order valence-electron chi connectivity index (χ0n) is 11.1. The minimum Gasteiger partial charge on any atom is -0.264 e. The fourth-order valence-electron chi connectivity index (χ4n) is 3.76. The summed E-state index contributed by atoms with van der Waals surface area (Å²) < 4.78 is 0. The first-order chi connectivity index (χ1) is 9.92. The molecule has 0 amide bonds. The highest BCUT2D eigenvalue weighted by Crippen LogP contribution is 2.47. The maximum atomic E-state index is 4.28. The van der Waals surface area contributed by atoms with Gasteiger partial charge in [0, 0.05) is 18.8 Å². The predicted octanol–water partition coefficient (Wildman–Crippen LogP) is 4.22. The molecule has 2 aliphatic carbocycles. The number of pyridine rings is 1. The molecule has 94 valence electrons. The maximum absolute atomic E-state index is 4.28. The minimum absolute atomic E-state index is 1.02. The van der Waals surface area contributed by atoms with Crippen molar-refractivity contribution in [2.75, 3.05) is 0 Å². The molecule has 0 N–H and O–H groups in total. The van der Waals surface area contributed by atoms with E-state index >= 15 is 0 Å². The monoisotopic (exact) mass is 255 g/mol. The molecule has 0 unspecified atom stereocenters. The summed E-state index contributed by atoms with van der Waals surface area (Å²) in [7, 11) is 0. The first-order valence-electron chi connectivity index (χ1n) is 7.08. The van der Waals surface area contributed by atoms with E-state index in [9.17, 15) is 0 Å². The summed E-state index contributed by atoms with van der Waals surface area (Å²) >= 11 is 0. The molecule has 3 aromatic rings. The molecule has 1 heterocycles. The van der Waals surface area contributed by atoms with Crippen molar-refractivity contribution in [1.82, 2.24) is 4.98 Å². The number of rotatable bonds is 0. The molecule has 0 saturated heterocycles. The molecular weight excluding hydrogens is 242 g/mol. The molecule has 20 heavy (non-hydrogen) atoms. The van der Waals surface area contributed by atoms with Crippen LogP contribution in [0.4, 0.5) is 0 Å². The van der Waals surface area contributed by atoms with Gasteiger partial charge in [-0.25, -0.2) is 0 Å². The van der Waals surface area contributed by atoms with Gasteiger partial charge < -0.3 is 0 Å². The standard InChI is InChI=1S/C19H13N/c1-2-4-16-12(3-1)9-13-5-6-17-15-7-8-20-11-14(15)10-18(17)19(13)16/h1-8,11H,9-10H2. The van der Waals surface area contributed by atoms with Crippen LogP contribution in [0.15, 0.2) is 54.9 Å². The Balaban J connectivity index is 1.84. The maximum Gasteiger partial charge on any atom is 0.0309 e. The van der Waals surface area contributed by atoms with Gasteiger partial charge in [0.2, 0.25) is 0 Å². The Kier molecular flexibility index (Phi) is 1.86. The largest absolute Gasteiger partial charge is 0.264 e. The normalized spacial score (nSPS) is 13.6. The highest BCUT2D eigenvalue weighted by atomic mass is 14.6. The first kappa shape index (κ1) is 10.4. The summed E-state index contributed by atoms with van der Waals surface area (Å²) in [6.45, 7) is 0. The second-order valence-electron chi connectivity index (χ2n) is 5.67. The third-order valence-electron chi connectivity index (χ3n) is 4.63. The van der Waals surface area contributed by atoms with E-state index in [-0.39, 0.29) is 0 Å². The van der Waals surface area contributed by atoms with Gasteiger partial charge >= 0.3 is 0 Å². The van der Waals surface area contributed by atoms with Gasteiger partial charge in [-0.1, -0.05) is 36.4 Å². The van der Waals surface area contributed by atoms with Crippen molar-refractivity contribution in [3.05, 3.63) is 77.1 Å². The Bertz CT molecular complexity index is 861. The first-order valence-corrected chi connectivity index (χ1v) is 7.08. The zero-order valence-corrected chi connectivity index (χ0v) is 11.1. The highest BCUT2D eigenvalue weighted by Gasteiger charge is 2.27. The molecular formula is C19H13N. The number of fused-ring (bicyclic) bond motifs is 7. The molecule has 0 fully saturated rings. The van der Waals surface area contributed by atoms with E-state index in [0.717, 1.165) is 12.8 Å². The average Bonchev–Trinajstić information content (AvgIpc) is 3.04. The van der Waals surface area contributed by atoms with Gasteiger partial charge in [0.15, 0.2) is 0 Å². The minimum atomic E-state index is 1.02. The molecule has 2 aliphatic rings. The Labute approximate surface area is 117 Å². The molecule has 0 spiro atoms. The van der Waals surface area contributed by atoms with Crippen molar-refractivity contribution in [2.24, 2.45) is 0 Å². The Morgan fingerprint density at radius 3 is 2.65 bits per heavy atom. The lowest BCUT2D eigenvalue weighted by Crippen LogP contribution is -1.88. The number of nitrogens with zero attached hydrogens (tertiary/aromatic N) is 1. The molecule has 2 aromatic carbocycles. The Morgan fingerprint density at radius 2 is 1.65 bits per heavy atom. The van der Waals surface area contributed by atoms with Gasteiger partial charge in [0.1, 0.15) is 0 Å². The number of aromatic nitrogens is 1. The molecule has 0 saturated carbocycles. The lowest BCUT2D eigenvalue weighted by molar-refractivity contribution is 1.20. The molecule has 1 nitrogen and oxygen atoms in total. The highest BCUT2D eigenvalue weighted by molar-refractivity contribution is 5.89. The van der Waals surface area contributed by atoms with Crippen LogP contribution in [-0.2, 0) is 12.8 Å². The predicted molar refractivity (Wildman–Crippen MR) is 80.7 cm³/mol. The van der Waals surface area contributed by atoms with Crippen molar-refractivity contribution in [3.63, 3.8) is 0 Å². The lowest BCUT2D eigenvalue weighted by atomic mass is 9.95. The van der Waals surface area contributed by atoms with E-state index < -0.39 is 0 Å². The van der Waals surface area contributed by atoms with Gasteiger partial charge in [-0.3, -0.25) is 4.98 Å². The third kappa shape index (κ3) is 1.20. The van der Waals surface area contributed by atoms with Crippen LogP contribution in [0.25, 0.3) is 22.3 Å². The molecule has 5 rings (SSSR count). The molecule has 0 radical (unpaired) electrons. The van der Waals surface area contributed by atoms with Crippen LogP contribution in [0.1, 0.15) is 22.3 Å². The fraction of sp³-hybridized carbons (Fsp3) is 0.105. The summed E-state index contributed by atoms with van der Waals surface area (Å²) in [5.41, 5.74) is 11.5. The van der Waals surface area contributed by atoms with Crippen molar-refractivity contribution in [3.8, 4) is 22.3 Å². The molecule has 0 bridgehead atoms. The molecule has 1 aromatic heterocycles. The fourth-order valence-corrected chi connectivity index (χ4v) is 3.76. The SMILES string of the molecule is c1ccc2c(c1)Cc1ccc3c(c1-2)Cc1cnccc1-3. The third-order valence-corrected chi connectivity index (χ3v) is 4.63. The summed E-state index contributed by atoms with van der Waals surface area (Å²) in [5, 5.41) is 0. The smallest absolute Gasteiger partial charge is 0.0309 e. The van der Waals surface area contributed by atoms with Crippen molar-refractivity contribution >= 4 is 0 Å². The zero-order chi connectivity index (χ0) is 13.1. The second kappa shape index (κ2) is 3.57. The number of benzene rings is 2. The number of hydrogen-bond donors (Lipinski definition) is 0. The summed E-state index contributed by atoms with van der Waals surface area (Å²) in [6.07, 6.45) is 6.01. The van der Waals surface area contributed by atoms with E-state index in [1.807, 2.05) is 12.4 Å². The van der Waals surface area contributed by atoms with E-state index in [2.05, 4.69) is 47.4 Å². The van der Waals surface area contributed by atoms with Gasteiger partial charge in [-0.15, -0.1) is 0 Å². The topological polar surface area (TPSA) is 12.9 Å². The van der Waals surface area contributed by atoms with Crippen LogP contribution >= 0.6 is 0 Å². The number of hydrogen-bond acceptors (Lipinski definition) is 1. The van der Waals surface area contributed by atoms with Crippen LogP contribution in [0.2, 0.25) is 0 Å². The summed E-state index contributed by atoms with van der Waals surface area (Å²) in [6, 6.07) is 15.6. The van der Waals surface area contributed by atoms with Crippen LogP contribution < -0.4 is 0 Å².